The van der Waals surface area contributed by atoms with Gasteiger partial charge in [0.2, 0.25) is 0 Å². The van der Waals surface area contributed by atoms with E-state index >= 15 is 0 Å². The molecule has 0 aliphatic carbocycles. The molecule has 0 aliphatic heterocycles. The summed E-state index contributed by atoms with van der Waals surface area (Å²) < 4.78 is 5.07. The Balaban J connectivity index is 2.88. The highest BCUT2D eigenvalue weighted by Gasteiger charge is 2.22. The predicted octanol–water partition coefficient (Wildman–Crippen LogP) is 2.07. The van der Waals surface area contributed by atoms with E-state index in [2.05, 4.69) is 0 Å². The summed E-state index contributed by atoms with van der Waals surface area (Å²) in [7, 11) is 1.63. The van der Waals surface area contributed by atoms with Gasteiger partial charge in [0.1, 0.15) is 0 Å². The number of rotatable bonds is 6. The Hall–Kier alpha value is -1.39. The molecule has 1 aromatic carbocycles. The number of nitrogens with zero attached hydrogens (tertiary/aromatic N) is 1. The number of aliphatic hydroxyl groups is 1. The SMILES string of the molecule is CCN(CC(C)(C)O)C(=O)c1cccc(COC)c1. The van der Waals surface area contributed by atoms with E-state index in [1.54, 1.807) is 31.9 Å². The number of carbonyl (C=O) groups excluding carboxylic acids is 1. The van der Waals surface area contributed by atoms with Crippen molar-refractivity contribution in [2.75, 3.05) is 20.2 Å². The molecule has 0 aliphatic rings. The first-order chi connectivity index (χ1) is 8.87. The molecule has 106 valence electrons. The zero-order valence-electron chi connectivity index (χ0n) is 12.1. The maximum Gasteiger partial charge on any atom is 0.253 e. The monoisotopic (exact) mass is 265 g/mol. The van der Waals surface area contributed by atoms with Crippen molar-refractivity contribution in [1.82, 2.24) is 4.90 Å². The lowest BCUT2D eigenvalue weighted by Crippen LogP contribution is -2.42. The van der Waals surface area contributed by atoms with Gasteiger partial charge in [-0.2, -0.15) is 0 Å². The summed E-state index contributed by atoms with van der Waals surface area (Å²) in [5.74, 6) is -0.0671. The van der Waals surface area contributed by atoms with Crippen LogP contribution in [-0.4, -0.2) is 41.7 Å². The summed E-state index contributed by atoms with van der Waals surface area (Å²) in [6, 6.07) is 7.39. The molecular weight excluding hydrogens is 242 g/mol. The predicted molar refractivity (Wildman–Crippen MR) is 75.0 cm³/mol. The number of hydrogen-bond acceptors (Lipinski definition) is 3. The Kier molecular flexibility index (Phi) is 5.51. The first kappa shape index (κ1) is 15.7. The normalized spacial score (nSPS) is 11.4. The summed E-state index contributed by atoms with van der Waals surface area (Å²) in [6.45, 7) is 6.67. The van der Waals surface area contributed by atoms with Gasteiger partial charge >= 0.3 is 0 Å². The Morgan fingerprint density at radius 2 is 2.11 bits per heavy atom. The van der Waals surface area contributed by atoms with Crippen LogP contribution in [0.25, 0.3) is 0 Å². The third-order valence-electron chi connectivity index (χ3n) is 2.73. The van der Waals surface area contributed by atoms with Gasteiger partial charge in [0.15, 0.2) is 0 Å². The molecule has 1 N–H and O–H groups in total. The molecule has 0 spiro atoms. The fraction of sp³-hybridized carbons (Fsp3) is 0.533. The van der Waals surface area contributed by atoms with Crippen molar-refractivity contribution in [1.29, 1.82) is 0 Å². The molecule has 0 bridgehead atoms. The number of benzene rings is 1. The van der Waals surface area contributed by atoms with Crippen LogP contribution in [0.5, 0.6) is 0 Å². The van der Waals surface area contributed by atoms with Crippen LogP contribution >= 0.6 is 0 Å². The van der Waals surface area contributed by atoms with Gasteiger partial charge in [-0.1, -0.05) is 12.1 Å². The summed E-state index contributed by atoms with van der Waals surface area (Å²) in [4.78, 5) is 14.0. The van der Waals surface area contributed by atoms with Crippen LogP contribution in [0.1, 0.15) is 36.7 Å². The summed E-state index contributed by atoms with van der Waals surface area (Å²) >= 11 is 0. The third-order valence-corrected chi connectivity index (χ3v) is 2.73. The minimum absolute atomic E-state index is 0.0671. The quantitative estimate of drug-likeness (QED) is 0.856. The van der Waals surface area contributed by atoms with E-state index in [1.807, 2.05) is 25.1 Å². The van der Waals surface area contributed by atoms with Crippen molar-refractivity contribution in [3.8, 4) is 0 Å². The van der Waals surface area contributed by atoms with Crippen molar-refractivity contribution >= 4 is 5.91 Å². The second kappa shape index (κ2) is 6.68. The first-order valence-corrected chi connectivity index (χ1v) is 6.47. The molecule has 0 saturated carbocycles. The number of amides is 1. The van der Waals surface area contributed by atoms with E-state index in [1.165, 1.54) is 0 Å². The second-order valence-corrected chi connectivity index (χ2v) is 5.27. The van der Waals surface area contributed by atoms with E-state index < -0.39 is 5.60 Å². The molecule has 0 radical (unpaired) electrons. The number of likely N-dealkylation sites (N-methyl/N-ethyl adjacent to an activating group) is 1. The van der Waals surface area contributed by atoms with Crippen molar-refractivity contribution in [2.24, 2.45) is 0 Å². The molecule has 0 unspecified atom stereocenters. The smallest absolute Gasteiger partial charge is 0.253 e. The van der Waals surface area contributed by atoms with Crippen LogP contribution in [0.3, 0.4) is 0 Å². The number of hydrogen-bond donors (Lipinski definition) is 1. The number of carbonyl (C=O) groups is 1. The number of methoxy groups -OCH3 is 1. The van der Waals surface area contributed by atoms with Crippen LogP contribution in [0.15, 0.2) is 24.3 Å². The fourth-order valence-electron chi connectivity index (χ4n) is 1.94. The van der Waals surface area contributed by atoms with Crippen molar-refractivity contribution < 1.29 is 14.6 Å². The van der Waals surface area contributed by atoms with E-state index in [0.29, 0.717) is 25.3 Å². The summed E-state index contributed by atoms with van der Waals surface area (Å²) in [5, 5.41) is 9.84. The molecule has 4 heteroatoms. The largest absolute Gasteiger partial charge is 0.389 e. The molecule has 0 fully saturated rings. The van der Waals surface area contributed by atoms with Gasteiger partial charge < -0.3 is 14.7 Å². The van der Waals surface area contributed by atoms with E-state index in [0.717, 1.165) is 5.56 Å². The van der Waals surface area contributed by atoms with E-state index in [4.69, 9.17) is 4.74 Å². The van der Waals surface area contributed by atoms with Crippen LogP contribution in [-0.2, 0) is 11.3 Å². The Bertz CT molecular complexity index is 424. The lowest BCUT2D eigenvalue weighted by molar-refractivity contribution is 0.0314. The molecule has 1 rings (SSSR count). The minimum atomic E-state index is -0.893. The number of ether oxygens (including phenoxy) is 1. The van der Waals surface area contributed by atoms with Crippen molar-refractivity contribution in [2.45, 2.75) is 33.0 Å². The van der Waals surface area contributed by atoms with Crippen LogP contribution in [0.2, 0.25) is 0 Å². The molecular formula is C15H23NO3. The topological polar surface area (TPSA) is 49.8 Å². The average Bonchev–Trinajstić information content (AvgIpc) is 2.35. The molecule has 0 atom stereocenters. The molecule has 1 amide bonds. The maximum absolute atomic E-state index is 12.4. The Labute approximate surface area is 115 Å². The van der Waals surface area contributed by atoms with Crippen LogP contribution < -0.4 is 0 Å². The van der Waals surface area contributed by atoms with Crippen molar-refractivity contribution in [3.63, 3.8) is 0 Å². The zero-order valence-corrected chi connectivity index (χ0v) is 12.1. The van der Waals surface area contributed by atoms with Gasteiger partial charge in [-0.15, -0.1) is 0 Å². The Morgan fingerprint density at radius 1 is 1.42 bits per heavy atom. The van der Waals surface area contributed by atoms with Gasteiger partial charge in [0, 0.05) is 25.8 Å². The third kappa shape index (κ3) is 5.01. The highest BCUT2D eigenvalue weighted by atomic mass is 16.5. The average molecular weight is 265 g/mol. The first-order valence-electron chi connectivity index (χ1n) is 6.47. The maximum atomic E-state index is 12.4. The minimum Gasteiger partial charge on any atom is -0.389 e. The van der Waals surface area contributed by atoms with Crippen LogP contribution in [0.4, 0.5) is 0 Å². The zero-order chi connectivity index (χ0) is 14.5. The Morgan fingerprint density at radius 3 is 2.63 bits per heavy atom. The molecule has 0 heterocycles. The van der Waals surface area contributed by atoms with Gasteiger partial charge in [-0.05, 0) is 38.5 Å². The molecule has 4 nitrogen and oxygen atoms in total. The molecule has 0 aromatic heterocycles. The molecule has 19 heavy (non-hydrogen) atoms. The molecule has 0 saturated heterocycles. The standard InChI is InChI=1S/C15H23NO3/c1-5-16(11-15(2,3)18)14(17)13-8-6-7-12(9-13)10-19-4/h6-9,18H,5,10-11H2,1-4H3. The van der Waals surface area contributed by atoms with Gasteiger partial charge in [0.25, 0.3) is 5.91 Å². The second-order valence-electron chi connectivity index (χ2n) is 5.27. The van der Waals surface area contributed by atoms with Gasteiger partial charge in [-0.25, -0.2) is 0 Å². The lowest BCUT2D eigenvalue weighted by atomic mass is 10.1. The highest BCUT2D eigenvalue weighted by molar-refractivity contribution is 5.94. The highest BCUT2D eigenvalue weighted by Crippen LogP contribution is 2.12. The van der Waals surface area contributed by atoms with E-state index in [9.17, 15) is 9.90 Å². The van der Waals surface area contributed by atoms with Crippen LogP contribution in [0, 0.1) is 0 Å². The summed E-state index contributed by atoms with van der Waals surface area (Å²) in [5.41, 5.74) is 0.698. The van der Waals surface area contributed by atoms with Crippen molar-refractivity contribution in [3.05, 3.63) is 35.4 Å². The lowest BCUT2D eigenvalue weighted by Gasteiger charge is -2.28. The fourth-order valence-corrected chi connectivity index (χ4v) is 1.94. The van der Waals surface area contributed by atoms with Gasteiger partial charge in [-0.3, -0.25) is 4.79 Å². The van der Waals surface area contributed by atoms with Gasteiger partial charge in [0.05, 0.1) is 12.2 Å². The summed E-state index contributed by atoms with van der Waals surface area (Å²) in [6.07, 6.45) is 0. The van der Waals surface area contributed by atoms with E-state index in [-0.39, 0.29) is 5.91 Å². The molecule has 1 aromatic rings.